The third-order valence-electron chi connectivity index (χ3n) is 8.14. The average molecular weight is 592 g/mol. The molecule has 0 aliphatic carbocycles. The monoisotopic (exact) mass is 591 g/mol. The fraction of sp³-hybridized carbons (Fsp3) is 0.415. The smallest absolute Gasteiger partial charge is 0.127 e. The number of hydrogen-bond donors (Lipinski definition) is 0. The molecule has 0 atom stereocenters. The SMILES string of the molecule is CCCCCCOc1cc(C(C)(C)C)c(OCCCCCC)cc1-c1ccc(N(c2ccccc2)c2ccc(C)cc2)cc1. The Labute approximate surface area is 267 Å². The van der Waals surface area contributed by atoms with Crippen LogP contribution in [0.4, 0.5) is 17.1 Å². The molecule has 0 fully saturated rings. The lowest BCUT2D eigenvalue weighted by Gasteiger charge is -2.27. The highest BCUT2D eigenvalue weighted by Crippen LogP contribution is 2.43. The standard InChI is InChI=1S/C41H53NO2/c1-7-9-11-16-28-43-39-31-38(41(4,5)6)40(44-29-17-12-10-8-2)30-37(39)33-22-26-36(27-23-33)42(34-18-14-13-15-19-34)35-24-20-32(3)21-25-35/h13-15,18-27,30-31H,7-12,16-17,28-29H2,1-6H3. The lowest BCUT2D eigenvalue weighted by Crippen LogP contribution is -2.15. The molecule has 0 N–H and O–H groups in total. The van der Waals surface area contributed by atoms with E-state index in [1.807, 2.05) is 0 Å². The highest BCUT2D eigenvalue weighted by atomic mass is 16.5. The van der Waals surface area contributed by atoms with Crippen molar-refractivity contribution in [3.63, 3.8) is 0 Å². The zero-order chi connectivity index (χ0) is 31.4. The average Bonchev–Trinajstić information content (AvgIpc) is 3.02. The lowest BCUT2D eigenvalue weighted by atomic mass is 9.84. The van der Waals surface area contributed by atoms with Crippen LogP contribution >= 0.6 is 0 Å². The van der Waals surface area contributed by atoms with Crippen LogP contribution in [0.1, 0.15) is 97.1 Å². The fourth-order valence-electron chi connectivity index (χ4n) is 5.54. The van der Waals surface area contributed by atoms with Crippen molar-refractivity contribution in [1.82, 2.24) is 0 Å². The molecule has 0 unspecified atom stereocenters. The maximum atomic E-state index is 6.55. The summed E-state index contributed by atoms with van der Waals surface area (Å²) in [5.74, 6) is 1.91. The zero-order valence-corrected chi connectivity index (χ0v) is 28.0. The van der Waals surface area contributed by atoms with E-state index < -0.39 is 0 Å². The van der Waals surface area contributed by atoms with Crippen molar-refractivity contribution in [2.45, 2.75) is 98.3 Å². The van der Waals surface area contributed by atoms with Crippen LogP contribution in [0.5, 0.6) is 11.5 Å². The van der Waals surface area contributed by atoms with E-state index in [1.54, 1.807) is 0 Å². The molecule has 0 saturated carbocycles. The van der Waals surface area contributed by atoms with Crippen molar-refractivity contribution in [2.75, 3.05) is 18.1 Å². The number of nitrogens with zero attached hydrogens (tertiary/aromatic N) is 1. The van der Waals surface area contributed by atoms with Gasteiger partial charge in [0, 0.05) is 28.2 Å². The first kappa shape index (κ1) is 33.2. The molecule has 0 heterocycles. The minimum atomic E-state index is -0.0638. The van der Waals surface area contributed by atoms with Gasteiger partial charge in [0.05, 0.1) is 13.2 Å². The summed E-state index contributed by atoms with van der Waals surface area (Å²) in [6.07, 6.45) is 9.48. The Hall–Kier alpha value is -3.72. The summed E-state index contributed by atoms with van der Waals surface area (Å²) in [7, 11) is 0. The van der Waals surface area contributed by atoms with Gasteiger partial charge in [0.1, 0.15) is 11.5 Å². The first-order valence-corrected chi connectivity index (χ1v) is 16.8. The van der Waals surface area contributed by atoms with Gasteiger partial charge in [-0.1, -0.05) is 121 Å². The first-order valence-electron chi connectivity index (χ1n) is 16.8. The molecule has 0 aliphatic heterocycles. The van der Waals surface area contributed by atoms with Gasteiger partial charge in [-0.2, -0.15) is 0 Å². The van der Waals surface area contributed by atoms with Gasteiger partial charge in [0.15, 0.2) is 0 Å². The quantitative estimate of drug-likeness (QED) is 0.121. The summed E-state index contributed by atoms with van der Waals surface area (Å²) in [5.41, 5.74) is 7.99. The van der Waals surface area contributed by atoms with Crippen LogP contribution in [-0.2, 0) is 5.41 Å². The second kappa shape index (κ2) is 16.4. The van der Waals surface area contributed by atoms with Crippen LogP contribution in [0, 0.1) is 6.92 Å². The predicted molar refractivity (Wildman–Crippen MR) is 189 cm³/mol. The molecule has 0 saturated heterocycles. The second-order valence-electron chi connectivity index (χ2n) is 13.0. The lowest BCUT2D eigenvalue weighted by molar-refractivity contribution is 0.291. The third kappa shape index (κ3) is 9.14. The van der Waals surface area contributed by atoms with E-state index in [9.17, 15) is 0 Å². The Bertz CT molecular complexity index is 1400. The molecule has 4 rings (SSSR count). The molecule has 234 valence electrons. The minimum Gasteiger partial charge on any atom is -0.493 e. The van der Waals surface area contributed by atoms with E-state index in [0.717, 1.165) is 65.7 Å². The van der Waals surface area contributed by atoms with Crippen molar-refractivity contribution in [3.8, 4) is 22.6 Å². The van der Waals surface area contributed by atoms with Gasteiger partial charge < -0.3 is 14.4 Å². The van der Waals surface area contributed by atoms with Crippen molar-refractivity contribution in [3.05, 3.63) is 102 Å². The molecule has 0 bridgehead atoms. The van der Waals surface area contributed by atoms with Gasteiger partial charge in [-0.3, -0.25) is 0 Å². The van der Waals surface area contributed by atoms with Crippen molar-refractivity contribution < 1.29 is 9.47 Å². The Kier molecular flexibility index (Phi) is 12.4. The predicted octanol–water partition coefficient (Wildman–Crippen LogP) is 12.3. The summed E-state index contributed by atoms with van der Waals surface area (Å²) in [6.45, 7) is 14.9. The van der Waals surface area contributed by atoms with E-state index in [1.165, 1.54) is 49.7 Å². The van der Waals surface area contributed by atoms with E-state index in [-0.39, 0.29) is 5.41 Å². The number of aryl methyl sites for hydroxylation is 1. The molecule has 0 spiro atoms. The first-order chi connectivity index (χ1) is 21.3. The molecule has 0 amide bonds. The molecule has 3 nitrogen and oxygen atoms in total. The largest absolute Gasteiger partial charge is 0.493 e. The van der Waals surface area contributed by atoms with Gasteiger partial charge in [0.2, 0.25) is 0 Å². The van der Waals surface area contributed by atoms with Gasteiger partial charge in [-0.25, -0.2) is 0 Å². The van der Waals surface area contributed by atoms with Gasteiger partial charge in [-0.15, -0.1) is 0 Å². The summed E-state index contributed by atoms with van der Waals surface area (Å²) in [6, 6.07) is 32.6. The molecule has 4 aromatic rings. The number of unbranched alkanes of at least 4 members (excludes halogenated alkanes) is 6. The molecular formula is C41H53NO2. The van der Waals surface area contributed by atoms with Crippen LogP contribution in [0.15, 0.2) is 91.0 Å². The highest BCUT2D eigenvalue weighted by Gasteiger charge is 2.23. The maximum Gasteiger partial charge on any atom is 0.127 e. The van der Waals surface area contributed by atoms with E-state index in [2.05, 4.69) is 137 Å². The number of hydrogen-bond acceptors (Lipinski definition) is 3. The highest BCUT2D eigenvalue weighted by molar-refractivity contribution is 5.80. The number of benzene rings is 4. The Morgan fingerprint density at radius 1 is 0.568 bits per heavy atom. The number of rotatable bonds is 16. The number of para-hydroxylation sites is 1. The summed E-state index contributed by atoms with van der Waals surface area (Å²) >= 11 is 0. The van der Waals surface area contributed by atoms with Crippen LogP contribution in [0.25, 0.3) is 11.1 Å². The summed E-state index contributed by atoms with van der Waals surface area (Å²) in [5, 5.41) is 0. The second-order valence-corrected chi connectivity index (χ2v) is 13.0. The molecule has 0 aromatic heterocycles. The topological polar surface area (TPSA) is 21.7 Å². The van der Waals surface area contributed by atoms with Crippen molar-refractivity contribution in [2.24, 2.45) is 0 Å². The Morgan fingerprint density at radius 3 is 1.64 bits per heavy atom. The Morgan fingerprint density at radius 2 is 1.09 bits per heavy atom. The van der Waals surface area contributed by atoms with Gasteiger partial charge in [-0.05, 0) is 79.3 Å². The zero-order valence-electron chi connectivity index (χ0n) is 28.0. The van der Waals surface area contributed by atoms with Crippen LogP contribution < -0.4 is 14.4 Å². The molecule has 0 aliphatic rings. The molecule has 44 heavy (non-hydrogen) atoms. The Balaban J connectivity index is 1.72. The van der Waals surface area contributed by atoms with Gasteiger partial charge in [0.25, 0.3) is 0 Å². The fourth-order valence-corrected chi connectivity index (χ4v) is 5.54. The number of ether oxygens (including phenoxy) is 2. The molecule has 4 aromatic carbocycles. The molecule has 3 heteroatoms. The van der Waals surface area contributed by atoms with E-state index in [4.69, 9.17) is 9.47 Å². The van der Waals surface area contributed by atoms with Crippen LogP contribution in [0.2, 0.25) is 0 Å². The minimum absolute atomic E-state index is 0.0638. The summed E-state index contributed by atoms with van der Waals surface area (Å²) < 4.78 is 13.1. The van der Waals surface area contributed by atoms with E-state index in [0.29, 0.717) is 0 Å². The normalized spacial score (nSPS) is 11.4. The van der Waals surface area contributed by atoms with Crippen LogP contribution in [-0.4, -0.2) is 13.2 Å². The maximum absolute atomic E-state index is 6.55. The van der Waals surface area contributed by atoms with Crippen LogP contribution in [0.3, 0.4) is 0 Å². The summed E-state index contributed by atoms with van der Waals surface area (Å²) in [4.78, 5) is 2.31. The third-order valence-corrected chi connectivity index (χ3v) is 8.14. The van der Waals surface area contributed by atoms with E-state index >= 15 is 0 Å². The molecule has 0 radical (unpaired) electrons. The van der Waals surface area contributed by atoms with Crippen molar-refractivity contribution >= 4 is 17.1 Å². The molecular weight excluding hydrogens is 538 g/mol. The van der Waals surface area contributed by atoms with Crippen molar-refractivity contribution in [1.29, 1.82) is 0 Å². The van der Waals surface area contributed by atoms with Gasteiger partial charge >= 0.3 is 0 Å². The number of anilines is 3.